The zero-order valence-electron chi connectivity index (χ0n) is 21.6. The van der Waals surface area contributed by atoms with Gasteiger partial charge in [0, 0.05) is 6.61 Å². The first kappa shape index (κ1) is 26.4. The molecule has 1 aliphatic heterocycles. The third-order valence-electron chi connectivity index (χ3n) is 8.35. The summed E-state index contributed by atoms with van der Waals surface area (Å²) in [6.07, 6.45) is 12.6. The molecular formula is C29H44O6. The average Bonchev–Trinajstić information content (AvgIpc) is 3.18. The van der Waals surface area contributed by atoms with Crippen LogP contribution in [0.3, 0.4) is 0 Å². The van der Waals surface area contributed by atoms with E-state index in [1.54, 1.807) is 0 Å². The topological polar surface area (TPSA) is 74.2 Å². The molecule has 0 aromatic heterocycles. The molecule has 6 heteroatoms. The number of methoxy groups -OCH3 is 1. The quantitative estimate of drug-likeness (QED) is 0.321. The molecule has 1 saturated heterocycles. The van der Waals surface area contributed by atoms with Gasteiger partial charge in [0.15, 0.2) is 12.9 Å². The van der Waals surface area contributed by atoms with Crippen molar-refractivity contribution in [3.8, 4) is 5.75 Å². The molecule has 196 valence electrons. The van der Waals surface area contributed by atoms with Crippen molar-refractivity contribution in [3.05, 3.63) is 29.3 Å². The third kappa shape index (κ3) is 6.99. The molecule has 1 N–H and O–H groups in total. The number of hydrogen-bond acceptors (Lipinski definition) is 6. The molecule has 1 heterocycles. The van der Waals surface area contributed by atoms with Crippen LogP contribution in [-0.2, 0) is 31.8 Å². The molecule has 6 atom stereocenters. The van der Waals surface area contributed by atoms with Gasteiger partial charge < -0.3 is 24.1 Å². The first-order valence-electron chi connectivity index (χ1n) is 13.8. The second-order valence-electron chi connectivity index (χ2n) is 10.7. The number of fused-ring (bicyclic) bond motifs is 2. The SMILES string of the molecule is CCCCC[C@H](CCC1[C@H](O)C[C@@H]2Cc3c(cccc3OCC(=O)OC)C[C@H]12)OC1CCCCO1. The van der Waals surface area contributed by atoms with E-state index in [9.17, 15) is 9.90 Å². The molecular weight excluding hydrogens is 444 g/mol. The molecule has 6 nitrogen and oxygen atoms in total. The predicted octanol–water partition coefficient (Wildman–Crippen LogP) is 5.22. The van der Waals surface area contributed by atoms with Crippen LogP contribution in [-0.4, -0.2) is 49.9 Å². The van der Waals surface area contributed by atoms with Crippen LogP contribution < -0.4 is 4.74 Å². The van der Waals surface area contributed by atoms with Crippen LogP contribution in [0.15, 0.2) is 18.2 Å². The van der Waals surface area contributed by atoms with Crippen molar-refractivity contribution in [1.29, 1.82) is 0 Å². The van der Waals surface area contributed by atoms with Crippen molar-refractivity contribution in [3.63, 3.8) is 0 Å². The van der Waals surface area contributed by atoms with Gasteiger partial charge in [-0.05, 0) is 92.7 Å². The lowest BCUT2D eigenvalue weighted by Crippen LogP contribution is -2.31. The largest absolute Gasteiger partial charge is 0.482 e. The number of aliphatic hydroxyl groups excluding tert-OH is 1. The van der Waals surface area contributed by atoms with Crippen molar-refractivity contribution in [1.82, 2.24) is 0 Å². The molecule has 2 unspecified atom stereocenters. The van der Waals surface area contributed by atoms with Gasteiger partial charge >= 0.3 is 5.97 Å². The Morgan fingerprint density at radius 1 is 1.20 bits per heavy atom. The van der Waals surface area contributed by atoms with Crippen molar-refractivity contribution >= 4 is 5.97 Å². The normalized spacial score (nSPS) is 28.7. The highest BCUT2D eigenvalue weighted by atomic mass is 16.7. The molecule has 1 aromatic carbocycles. The molecule has 0 bridgehead atoms. The van der Waals surface area contributed by atoms with E-state index in [0.29, 0.717) is 17.8 Å². The van der Waals surface area contributed by atoms with Gasteiger partial charge in [-0.15, -0.1) is 0 Å². The smallest absolute Gasteiger partial charge is 0.343 e. The van der Waals surface area contributed by atoms with Crippen LogP contribution in [0.5, 0.6) is 5.75 Å². The molecule has 35 heavy (non-hydrogen) atoms. The number of ether oxygens (including phenoxy) is 4. The van der Waals surface area contributed by atoms with Gasteiger partial charge in [0.05, 0.1) is 19.3 Å². The Hall–Kier alpha value is -1.63. The van der Waals surface area contributed by atoms with E-state index in [-0.39, 0.29) is 31.1 Å². The van der Waals surface area contributed by atoms with Crippen LogP contribution in [0.4, 0.5) is 0 Å². The lowest BCUT2D eigenvalue weighted by molar-refractivity contribution is -0.191. The van der Waals surface area contributed by atoms with Crippen molar-refractivity contribution in [2.45, 2.75) is 102 Å². The molecule has 0 amide bonds. The first-order valence-corrected chi connectivity index (χ1v) is 13.8. The Kier molecular flexibility index (Phi) is 9.87. The van der Waals surface area contributed by atoms with E-state index in [1.807, 2.05) is 12.1 Å². The van der Waals surface area contributed by atoms with Crippen molar-refractivity contribution in [2.24, 2.45) is 17.8 Å². The molecule has 3 aliphatic rings. The fourth-order valence-corrected chi connectivity index (χ4v) is 6.45. The van der Waals surface area contributed by atoms with Gasteiger partial charge in [-0.1, -0.05) is 38.3 Å². The summed E-state index contributed by atoms with van der Waals surface area (Å²) in [5.41, 5.74) is 2.49. The Morgan fingerprint density at radius 3 is 2.86 bits per heavy atom. The van der Waals surface area contributed by atoms with Crippen LogP contribution in [0.2, 0.25) is 0 Å². The van der Waals surface area contributed by atoms with Crippen molar-refractivity contribution < 1.29 is 28.8 Å². The molecule has 2 aliphatic carbocycles. The second kappa shape index (κ2) is 13.1. The van der Waals surface area contributed by atoms with Crippen LogP contribution in [0.1, 0.15) is 82.3 Å². The summed E-state index contributed by atoms with van der Waals surface area (Å²) in [7, 11) is 1.37. The minimum atomic E-state index is -0.373. The highest BCUT2D eigenvalue weighted by molar-refractivity contribution is 5.71. The molecule has 1 aromatic rings. The summed E-state index contributed by atoms with van der Waals surface area (Å²) >= 11 is 0. The van der Waals surface area contributed by atoms with Gasteiger partial charge in [-0.3, -0.25) is 0 Å². The fourth-order valence-electron chi connectivity index (χ4n) is 6.45. The monoisotopic (exact) mass is 488 g/mol. The van der Waals surface area contributed by atoms with Crippen LogP contribution in [0.25, 0.3) is 0 Å². The van der Waals surface area contributed by atoms with E-state index in [2.05, 4.69) is 13.0 Å². The lowest BCUT2D eigenvalue weighted by Gasteiger charge is -2.33. The van der Waals surface area contributed by atoms with Crippen LogP contribution >= 0.6 is 0 Å². The summed E-state index contributed by atoms with van der Waals surface area (Å²) in [6, 6.07) is 6.12. The summed E-state index contributed by atoms with van der Waals surface area (Å²) in [5.74, 6) is 1.64. The number of unbranched alkanes of at least 4 members (excludes halogenated alkanes) is 2. The maximum absolute atomic E-state index is 11.6. The summed E-state index contributed by atoms with van der Waals surface area (Å²) < 4.78 is 22.8. The minimum Gasteiger partial charge on any atom is -0.482 e. The predicted molar refractivity (Wildman–Crippen MR) is 134 cm³/mol. The molecule has 0 spiro atoms. The maximum atomic E-state index is 11.6. The van der Waals surface area contributed by atoms with E-state index in [4.69, 9.17) is 18.9 Å². The maximum Gasteiger partial charge on any atom is 0.343 e. The number of carbonyl (C=O) groups is 1. The fraction of sp³-hybridized carbons (Fsp3) is 0.759. The zero-order chi connectivity index (χ0) is 24.6. The van der Waals surface area contributed by atoms with Crippen molar-refractivity contribution in [2.75, 3.05) is 20.3 Å². The number of rotatable bonds is 12. The molecule has 0 radical (unpaired) electrons. The lowest BCUT2D eigenvalue weighted by atomic mass is 9.73. The standard InChI is InChI=1S/C29H44O6/c1-3-4-5-10-22(35-29-12-6-7-15-33-29)13-14-23-24-16-20-9-8-11-27(34-19-28(31)32-2)25(20)17-21(24)18-26(23)30/h8-9,11,21-24,26,29-30H,3-7,10,12-19H2,1-2H3/t21-,22+,23?,24-,26+,29?/m0/s1. The van der Waals surface area contributed by atoms with Gasteiger partial charge in [-0.2, -0.15) is 0 Å². The van der Waals surface area contributed by atoms with Gasteiger partial charge in [-0.25, -0.2) is 4.79 Å². The molecule has 2 fully saturated rings. The first-order chi connectivity index (χ1) is 17.1. The minimum absolute atomic E-state index is 0.0541. The van der Waals surface area contributed by atoms with Gasteiger partial charge in [0.25, 0.3) is 0 Å². The Bertz CT molecular complexity index is 804. The highest BCUT2D eigenvalue weighted by Crippen LogP contribution is 2.48. The Morgan fingerprint density at radius 2 is 2.09 bits per heavy atom. The summed E-state index contributed by atoms with van der Waals surface area (Å²) in [6.45, 7) is 2.97. The Labute approximate surface area is 210 Å². The van der Waals surface area contributed by atoms with Gasteiger partial charge in [0.1, 0.15) is 5.75 Å². The molecule has 1 saturated carbocycles. The number of benzene rings is 1. The van der Waals surface area contributed by atoms with Crippen LogP contribution in [0, 0.1) is 17.8 Å². The van der Waals surface area contributed by atoms with E-state index >= 15 is 0 Å². The average molecular weight is 489 g/mol. The summed E-state index contributed by atoms with van der Waals surface area (Å²) in [4.78, 5) is 11.6. The van der Waals surface area contributed by atoms with E-state index in [0.717, 1.165) is 63.7 Å². The van der Waals surface area contributed by atoms with E-state index < -0.39 is 0 Å². The van der Waals surface area contributed by atoms with E-state index in [1.165, 1.54) is 43.9 Å². The third-order valence-corrected chi connectivity index (χ3v) is 8.35. The second-order valence-corrected chi connectivity index (χ2v) is 10.7. The van der Waals surface area contributed by atoms with Gasteiger partial charge in [0.2, 0.25) is 0 Å². The number of hydrogen-bond donors (Lipinski definition) is 1. The molecule has 4 rings (SSSR count). The number of carbonyl (C=O) groups excluding carboxylic acids is 1. The highest BCUT2D eigenvalue weighted by Gasteiger charge is 2.45. The zero-order valence-corrected chi connectivity index (χ0v) is 21.6. The Balaban J connectivity index is 1.38. The number of esters is 1. The number of aliphatic hydroxyl groups is 1. The summed E-state index contributed by atoms with van der Waals surface area (Å²) in [5, 5.41) is 11.1.